The minimum Gasteiger partial charge on any atom is -0.368 e. The minimum absolute atomic E-state index is 0.0453. The van der Waals surface area contributed by atoms with Gasteiger partial charge in [-0.05, 0) is 55.0 Å². The number of aryl methyl sites for hydroxylation is 1. The number of pyridine rings is 1. The number of hydrogen-bond acceptors (Lipinski definition) is 5. The molecule has 0 N–H and O–H groups in total. The zero-order valence-electron chi connectivity index (χ0n) is 17.8. The molecular weight excluding hydrogens is 428 g/mol. The van der Waals surface area contributed by atoms with E-state index in [4.69, 9.17) is 11.6 Å². The molecule has 0 spiro atoms. The molecule has 1 unspecified atom stereocenters. The molecule has 5 rings (SSSR count). The number of halogens is 1. The van der Waals surface area contributed by atoms with Gasteiger partial charge in [-0.25, -0.2) is 4.98 Å². The third kappa shape index (κ3) is 4.11. The Balaban J connectivity index is 1.24. The summed E-state index contributed by atoms with van der Waals surface area (Å²) in [5.74, 6) is 1.37. The second-order valence-electron chi connectivity index (χ2n) is 8.50. The fourth-order valence-electron chi connectivity index (χ4n) is 4.85. The lowest BCUT2D eigenvalue weighted by atomic mass is 9.96. The summed E-state index contributed by atoms with van der Waals surface area (Å²) in [7, 11) is 0. The molecule has 162 valence electrons. The molecule has 3 aromatic rings. The van der Waals surface area contributed by atoms with E-state index in [1.807, 2.05) is 18.3 Å². The van der Waals surface area contributed by atoms with Crippen molar-refractivity contribution in [3.8, 4) is 0 Å². The summed E-state index contributed by atoms with van der Waals surface area (Å²) in [4.78, 5) is 24.7. The number of nitrogens with zero attached hydrogens (tertiary/aromatic N) is 4. The predicted octanol–water partition coefficient (Wildman–Crippen LogP) is 4.82. The lowest BCUT2D eigenvalue weighted by Gasteiger charge is -2.40. The molecule has 1 aromatic carbocycles. The van der Waals surface area contributed by atoms with Crippen molar-refractivity contribution in [2.24, 2.45) is 5.92 Å². The van der Waals surface area contributed by atoms with Crippen molar-refractivity contribution in [2.45, 2.75) is 19.8 Å². The maximum atomic E-state index is 13.3. The average Bonchev–Trinajstić information content (AvgIpc) is 3.29. The Morgan fingerprint density at radius 2 is 1.94 bits per heavy atom. The highest BCUT2D eigenvalue weighted by Gasteiger charge is 2.32. The monoisotopic (exact) mass is 454 g/mol. The molecule has 2 fully saturated rings. The van der Waals surface area contributed by atoms with E-state index in [-0.39, 0.29) is 5.92 Å². The largest absolute Gasteiger partial charge is 0.368 e. The van der Waals surface area contributed by atoms with Gasteiger partial charge in [-0.2, -0.15) is 0 Å². The van der Waals surface area contributed by atoms with Crippen LogP contribution in [0.15, 0.2) is 41.9 Å². The Morgan fingerprint density at radius 3 is 2.77 bits per heavy atom. The van der Waals surface area contributed by atoms with Crippen LogP contribution < -0.4 is 9.80 Å². The van der Waals surface area contributed by atoms with Crippen molar-refractivity contribution >= 4 is 50.4 Å². The number of benzene rings is 1. The van der Waals surface area contributed by atoms with Crippen LogP contribution in [0.4, 0.5) is 11.5 Å². The van der Waals surface area contributed by atoms with Gasteiger partial charge in [0, 0.05) is 66.3 Å². The van der Waals surface area contributed by atoms with Crippen molar-refractivity contribution in [3.05, 3.63) is 52.5 Å². The number of thiophene rings is 1. The first-order chi connectivity index (χ1) is 15.1. The second-order valence-corrected chi connectivity index (χ2v) is 9.88. The highest BCUT2D eigenvalue weighted by Crippen LogP contribution is 2.32. The average molecular weight is 455 g/mol. The van der Waals surface area contributed by atoms with Crippen LogP contribution >= 0.6 is 22.9 Å². The van der Waals surface area contributed by atoms with Gasteiger partial charge in [0.05, 0.1) is 5.92 Å². The van der Waals surface area contributed by atoms with Crippen LogP contribution in [-0.2, 0) is 4.79 Å². The number of piperidine rings is 1. The molecular formula is C24H27ClN4OS. The van der Waals surface area contributed by atoms with E-state index in [9.17, 15) is 4.79 Å². The number of rotatable bonds is 3. The second kappa shape index (κ2) is 8.67. The first-order valence-electron chi connectivity index (χ1n) is 11.0. The van der Waals surface area contributed by atoms with Crippen LogP contribution in [0.3, 0.4) is 0 Å². The zero-order chi connectivity index (χ0) is 21.4. The molecule has 2 aliphatic heterocycles. The molecule has 31 heavy (non-hydrogen) atoms. The first kappa shape index (κ1) is 20.6. The molecule has 2 aromatic heterocycles. The Morgan fingerprint density at radius 1 is 1.10 bits per heavy atom. The maximum Gasteiger partial charge on any atom is 0.227 e. The minimum atomic E-state index is 0.0453. The van der Waals surface area contributed by atoms with Crippen molar-refractivity contribution in [1.82, 2.24) is 9.88 Å². The highest BCUT2D eigenvalue weighted by molar-refractivity contribution is 7.17. The van der Waals surface area contributed by atoms with Crippen molar-refractivity contribution in [2.75, 3.05) is 49.1 Å². The van der Waals surface area contributed by atoms with Crippen LogP contribution in [0.5, 0.6) is 0 Å². The Bertz CT molecular complexity index is 1090. The molecule has 0 bridgehead atoms. The Hall–Kier alpha value is -2.31. The topological polar surface area (TPSA) is 39.7 Å². The van der Waals surface area contributed by atoms with E-state index in [1.165, 1.54) is 21.3 Å². The lowest BCUT2D eigenvalue weighted by Crippen LogP contribution is -2.52. The van der Waals surface area contributed by atoms with Crippen LogP contribution in [0.1, 0.15) is 18.4 Å². The molecule has 1 atom stereocenters. The van der Waals surface area contributed by atoms with E-state index in [1.54, 1.807) is 11.3 Å². The van der Waals surface area contributed by atoms with Gasteiger partial charge in [0.15, 0.2) is 0 Å². The van der Waals surface area contributed by atoms with E-state index in [2.05, 4.69) is 50.2 Å². The van der Waals surface area contributed by atoms with Crippen LogP contribution in [-0.4, -0.2) is 55.1 Å². The Labute approximate surface area is 192 Å². The van der Waals surface area contributed by atoms with Gasteiger partial charge >= 0.3 is 0 Å². The van der Waals surface area contributed by atoms with E-state index < -0.39 is 0 Å². The zero-order valence-corrected chi connectivity index (χ0v) is 19.3. The van der Waals surface area contributed by atoms with Gasteiger partial charge in [0.25, 0.3) is 0 Å². The molecule has 4 heterocycles. The number of carbonyl (C=O) groups excluding carboxylic acids is 1. The maximum absolute atomic E-state index is 13.3. The SMILES string of the molecule is Cc1ccc(Cl)cc1N1CCN(C(=O)C2CCCN(c3nccc4sccc34)C2)CC1. The van der Waals surface area contributed by atoms with Crippen molar-refractivity contribution in [3.63, 3.8) is 0 Å². The summed E-state index contributed by atoms with van der Waals surface area (Å²) in [6.07, 6.45) is 3.87. The molecule has 2 saturated heterocycles. The normalized spacial score (nSPS) is 19.8. The van der Waals surface area contributed by atoms with Crippen molar-refractivity contribution < 1.29 is 4.79 Å². The third-order valence-electron chi connectivity index (χ3n) is 6.53. The van der Waals surface area contributed by atoms with Crippen LogP contribution in [0.2, 0.25) is 5.02 Å². The lowest BCUT2D eigenvalue weighted by molar-refractivity contribution is -0.136. The smallest absolute Gasteiger partial charge is 0.227 e. The molecule has 2 aliphatic rings. The summed E-state index contributed by atoms with van der Waals surface area (Å²) >= 11 is 7.95. The molecule has 1 amide bonds. The molecule has 0 radical (unpaired) electrons. The van der Waals surface area contributed by atoms with E-state index in [0.717, 1.165) is 63.0 Å². The van der Waals surface area contributed by atoms with Crippen molar-refractivity contribution in [1.29, 1.82) is 0 Å². The highest BCUT2D eigenvalue weighted by atomic mass is 35.5. The van der Waals surface area contributed by atoms with E-state index in [0.29, 0.717) is 5.91 Å². The van der Waals surface area contributed by atoms with Gasteiger partial charge in [0.2, 0.25) is 5.91 Å². The summed E-state index contributed by atoms with van der Waals surface area (Å²) in [5.41, 5.74) is 2.40. The number of carbonyl (C=O) groups is 1. The van der Waals surface area contributed by atoms with E-state index >= 15 is 0 Å². The van der Waals surface area contributed by atoms with Gasteiger partial charge in [0.1, 0.15) is 5.82 Å². The first-order valence-corrected chi connectivity index (χ1v) is 12.2. The van der Waals surface area contributed by atoms with Crippen LogP contribution in [0.25, 0.3) is 10.1 Å². The number of hydrogen-bond donors (Lipinski definition) is 0. The van der Waals surface area contributed by atoms with Crippen LogP contribution in [0, 0.1) is 12.8 Å². The summed E-state index contributed by atoms with van der Waals surface area (Å²) < 4.78 is 1.26. The van der Waals surface area contributed by atoms with Gasteiger partial charge < -0.3 is 14.7 Å². The molecule has 0 saturated carbocycles. The molecule has 5 nitrogen and oxygen atoms in total. The molecule has 0 aliphatic carbocycles. The number of anilines is 2. The standard InChI is InChI=1S/C24H27ClN4OS/c1-17-4-5-19(25)15-21(17)27-10-12-28(13-11-27)24(30)18-3-2-9-29(16-18)23-20-7-14-31-22(20)6-8-26-23/h4-8,14-15,18H,2-3,9-13,16H2,1H3. The summed E-state index contributed by atoms with van der Waals surface area (Å²) in [5, 5.41) is 4.07. The fraction of sp³-hybridized carbons (Fsp3) is 0.417. The number of piperazine rings is 1. The third-order valence-corrected chi connectivity index (χ3v) is 7.65. The van der Waals surface area contributed by atoms with Gasteiger partial charge in [-0.15, -0.1) is 11.3 Å². The summed E-state index contributed by atoms with van der Waals surface area (Å²) in [6.45, 7) is 7.06. The van der Waals surface area contributed by atoms with Gasteiger partial charge in [-0.1, -0.05) is 17.7 Å². The Kier molecular flexibility index (Phi) is 5.76. The number of amides is 1. The molecule has 7 heteroatoms. The fourth-order valence-corrected chi connectivity index (χ4v) is 5.79. The number of aromatic nitrogens is 1. The quantitative estimate of drug-likeness (QED) is 0.568. The predicted molar refractivity (Wildman–Crippen MR) is 130 cm³/mol. The number of fused-ring (bicyclic) bond motifs is 1. The van der Waals surface area contributed by atoms with Gasteiger partial charge in [-0.3, -0.25) is 4.79 Å². The summed E-state index contributed by atoms with van der Waals surface area (Å²) in [6, 6.07) is 10.2.